The lowest BCUT2D eigenvalue weighted by Crippen LogP contribution is -1.81. The molecule has 4 rings (SSSR count). The molecule has 22 heavy (non-hydrogen) atoms. The Morgan fingerprint density at radius 3 is 2.05 bits per heavy atom. The Kier molecular flexibility index (Phi) is 4.49. The molecule has 112 valence electrons. The molecule has 2 N–H and O–H groups in total. The Bertz CT molecular complexity index is 868. The van der Waals surface area contributed by atoms with Crippen LogP contribution in [-0.2, 0) is 0 Å². The molecule has 0 bridgehead atoms. The first kappa shape index (κ1) is 15.5. The maximum absolute atomic E-state index is 5.84. The molecule has 2 aromatic carbocycles. The van der Waals surface area contributed by atoms with Crippen molar-refractivity contribution in [3.05, 3.63) is 52.3 Å². The fraction of sp³-hybridized carbons (Fsp3) is 0.0667. The summed E-state index contributed by atoms with van der Waals surface area (Å²) in [6.07, 6.45) is 0. The van der Waals surface area contributed by atoms with Crippen LogP contribution in [0.3, 0.4) is 0 Å². The summed E-state index contributed by atoms with van der Waals surface area (Å²) in [4.78, 5) is 0. The van der Waals surface area contributed by atoms with E-state index in [9.17, 15) is 0 Å². The van der Waals surface area contributed by atoms with Crippen LogP contribution >= 0.6 is 46.3 Å². The van der Waals surface area contributed by atoms with E-state index in [0.29, 0.717) is 10.3 Å². The zero-order chi connectivity index (χ0) is 15.7. The van der Waals surface area contributed by atoms with E-state index in [1.807, 2.05) is 31.2 Å². The largest absolute Gasteiger partial charge is 0.399 e. The average Bonchev–Trinajstić information content (AvgIpc) is 3.04. The van der Waals surface area contributed by atoms with Gasteiger partial charge in [-0.2, -0.15) is 8.75 Å². The molecule has 2 aromatic heterocycles. The molecule has 0 saturated heterocycles. The van der Waals surface area contributed by atoms with Crippen molar-refractivity contribution in [2.45, 2.75) is 6.92 Å². The highest BCUT2D eigenvalue weighted by Crippen LogP contribution is 2.28. The number of aryl methyl sites for hydroxylation is 1. The van der Waals surface area contributed by atoms with Crippen LogP contribution in [0, 0.1) is 6.92 Å². The molecule has 0 aliphatic rings. The van der Waals surface area contributed by atoms with Crippen molar-refractivity contribution in [2.75, 3.05) is 5.73 Å². The monoisotopic (exact) mass is 367 g/mol. The summed E-state index contributed by atoms with van der Waals surface area (Å²) in [7, 11) is 0. The van der Waals surface area contributed by atoms with Crippen molar-refractivity contribution in [1.29, 1.82) is 0 Å². The number of hydrogen-bond donors (Lipinski definition) is 1. The molecule has 3 nitrogen and oxygen atoms in total. The van der Waals surface area contributed by atoms with Crippen LogP contribution < -0.4 is 5.73 Å². The molecule has 0 amide bonds. The Morgan fingerprint density at radius 1 is 0.864 bits per heavy atom. The number of benzene rings is 2. The second-order valence-electron chi connectivity index (χ2n) is 4.70. The molecule has 2 heterocycles. The number of nitrogen functional groups attached to an aromatic ring is 1. The van der Waals surface area contributed by atoms with E-state index < -0.39 is 0 Å². The third-order valence-electron chi connectivity index (χ3n) is 3.03. The maximum atomic E-state index is 5.84. The molecule has 0 spiro atoms. The Morgan fingerprint density at radius 2 is 1.41 bits per heavy atom. The van der Waals surface area contributed by atoms with Gasteiger partial charge in [0.05, 0.1) is 9.40 Å². The molecule has 4 aromatic rings. The van der Waals surface area contributed by atoms with E-state index in [1.165, 1.54) is 28.6 Å². The number of hydrogen-bond acceptors (Lipinski definition) is 5. The van der Waals surface area contributed by atoms with Gasteiger partial charge >= 0.3 is 0 Å². The fourth-order valence-corrected chi connectivity index (χ4v) is 3.90. The second kappa shape index (κ2) is 6.38. The van der Waals surface area contributed by atoms with Gasteiger partial charge in [-0.3, -0.25) is 0 Å². The molecule has 0 unspecified atom stereocenters. The molecular formula is C15H11Cl2N3S2. The normalized spacial score (nSPS) is 10.7. The van der Waals surface area contributed by atoms with E-state index in [2.05, 4.69) is 20.9 Å². The number of nitrogens with zero attached hydrogens (tertiary/aromatic N) is 2. The van der Waals surface area contributed by atoms with Gasteiger partial charge in [0.25, 0.3) is 0 Å². The Balaban J connectivity index is 0.000000131. The molecule has 0 radical (unpaired) electrons. The minimum Gasteiger partial charge on any atom is -0.399 e. The highest BCUT2D eigenvalue weighted by atomic mass is 35.5. The number of nitrogens with two attached hydrogens (primary N) is 1. The molecule has 0 atom stereocenters. The predicted molar refractivity (Wildman–Crippen MR) is 98.4 cm³/mol. The Hall–Kier alpha value is -1.40. The second-order valence-corrected chi connectivity index (χ2v) is 7.03. The number of halogens is 2. The van der Waals surface area contributed by atoms with Gasteiger partial charge in [0.2, 0.25) is 0 Å². The predicted octanol–water partition coefficient (Wildman–Crippen LogP) is 5.79. The first-order valence-electron chi connectivity index (χ1n) is 6.36. The fourth-order valence-electron chi connectivity index (χ4n) is 1.95. The first-order valence-corrected chi connectivity index (χ1v) is 8.67. The van der Waals surface area contributed by atoms with Gasteiger partial charge in [-0.05, 0) is 60.3 Å². The van der Waals surface area contributed by atoms with Crippen molar-refractivity contribution in [3.8, 4) is 0 Å². The quantitative estimate of drug-likeness (QED) is 0.400. The van der Waals surface area contributed by atoms with Crippen LogP contribution in [0.15, 0.2) is 36.4 Å². The lowest BCUT2D eigenvalue weighted by Gasteiger charge is -1.90. The van der Waals surface area contributed by atoms with Gasteiger partial charge in [0.15, 0.2) is 10.3 Å². The van der Waals surface area contributed by atoms with E-state index in [0.717, 1.165) is 25.9 Å². The summed E-state index contributed by atoms with van der Waals surface area (Å²) in [5.41, 5.74) is 7.51. The highest BCUT2D eigenvalue weighted by Gasteiger charge is 2.02. The van der Waals surface area contributed by atoms with Crippen molar-refractivity contribution in [3.63, 3.8) is 0 Å². The SMILES string of the molecule is Cc1ccc2snc(Cl)c2c1.Nc1ccc2snc(Cl)c2c1. The third-order valence-corrected chi connectivity index (χ3v) is 5.46. The van der Waals surface area contributed by atoms with Crippen molar-refractivity contribution >= 4 is 72.1 Å². The molecule has 0 fully saturated rings. The summed E-state index contributed by atoms with van der Waals surface area (Å²) in [5.74, 6) is 0. The zero-order valence-electron chi connectivity index (χ0n) is 11.5. The molecular weight excluding hydrogens is 357 g/mol. The Labute approximate surface area is 145 Å². The van der Waals surface area contributed by atoms with Gasteiger partial charge in [0.1, 0.15) is 0 Å². The van der Waals surface area contributed by atoms with Gasteiger partial charge in [0, 0.05) is 16.5 Å². The van der Waals surface area contributed by atoms with Gasteiger partial charge < -0.3 is 5.73 Å². The topological polar surface area (TPSA) is 51.8 Å². The van der Waals surface area contributed by atoms with Crippen LogP contribution in [0.4, 0.5) is 5.69 Å². The third kappa shape index (κ3) is 3.17. The lowest BCUT2D eigenvalue weighted by atomic mass is 10.2. The minimum absolute atomic E-state index is 0.539. The number of anilines is 1. The van der Waals surface area contributed by atoms with E-state index in [4.69, 9.17) is 28.9 Å². The zero-order valence-corrected chi connectivity index (χ0v) is 14.7. The number of rotatable bonds is 0. The van der Waals surface area contributed by atoms with Crippen molar-refractivity contribution in [2.24, 2.45) is 0 Å². The van der Waals surface area contributed by atoms with Crippen molar-refractivity contribution in [1.82, 2.24) is 8.75 Å². The molecule has 0 aliphatic carbocycles. The van der Waals surface area contributed by atoms with Crippen LogP contribution in [0.5, 0.6) is 0 Å². The van der Waals surface area contributed by atoms with E-state index in [1.54, 1.807) is 0 Å². The van der Waals surface area contributed by atoms with E-state index >= 15 is 0 Å². The maximum Gasteiger partial charge on any atom is 0.150 e. The van der Waals surface area contributed by atoms with Crippen molar-refractivity contribution < 1.29 is 0 Å². The number of aromatic nitrogens is 2. The molecule has 0 aliphatic heterocycles. The lowest BCUT2D eigenvalue weighted by molar-refractivity contribution is 1.51. The van der Waals surface area contributed by atoms with E-state index in [-0.39, 0.29) is 0 Å². The smallest absolute Gasteiger partial charge is 0.150 e. The number of fused-ring (bicyclic) bond motifs is 2. The highest BCUT2D eigenvalue weighted by molar-refractivity contribution is 7.14. The van der Waals surface area contributed by atoms with Crippen LogP contribution in [0.2, 0.25) is 10.3 Å². The minimum atomic E-state index is 0.539. The summed E-state index contributed by atoms with van der Waals surface area (Å²) in [5, 5.41) is 3.17. The summed E-state index contributed by atoms with van der Waals surface area (Å²) in [6, 6.07) is 11.8. The standard InChI is InChI=1S/C8H6ClNS.C7H5ClN2S/c1-5-2-3-7-6(4-5)8(9)10-11-7;8-7-5-3-4(9)1-2-6(5)11-10-7/h2-4H,1H3;1-3H,9H2. The molecule has 7 heteroatoms. The summed E-state index contributed by atoms with van der Waals surface area (Å²) >= 11 is 14.5. The molecule has 0 saturated carbocycles. The average molecular weight is 368 g/mol. The van der Waals surface area contributed by atoms with Crippen LogP contribution in [0.1, 0.15) is 5.56 Å². The summed E-state index contributed by atoms with van der Waals surface area (Å²) < 4.78 is 10.3. The van der Waals surface area contributed by atoms with Gasteiger partial charge in [-0.1, -0.05) is 34.8 Å². The van der Waals surface area contributed by atoms with Gasteiger partial charge in [-0.15, -0.1) is 0 Å². The summed E-state index contributed by atoms with van der Waals surface area (Å²) in [6.45, 7) is 2.05. The van der Waals surface area contributed by atoms with Gasteiger partial charge in [-0.25, -0.2) is 0 Å². The van der Waals surface area contributed by atoms with Crippen LogP contribution in [-0.4, -0.2) is 8.75 Å². The first-order chi connectivity index (χ1) is 10.5. The van der Waals surface area contributed by atoms with Crippen LogP contribution in [0.25, 0.3) is 20.2 Å².